The highest BCUT2D eigenvalue weighted by atomic mass is 16.6. The van der Waals surface area contributed by atoms with Crippen molar-refractivity contribution in [3.05, 3.63) is 28.8 Å². The first-order valence-electron chi connectivity index (χ1n) is 9.59. The lowest BCUT2D eigenvalue weighted by molar-refractivity contribution is -0.118. The molecule has 0 aliphatic heterocycles. The molecule has 28 heavy (non-hydrogen) atoms. The van der Waals surface area contributed by atoms with Gasteiger partial charge >= 0.3 is 6.09 Å². The molecule has 3 N–H and O–H groups in total. The first-order chi connectivity index (χ1) is 13.2. The number of aryl methyl sites for hydroxylation is 2. The largest absolute Gasteiger partial charge is 0.412 e. The van der Waals surface area contributed by atoms with Gasteiger partial charge in [0.25, 0.3) is 0 Å². The van der Waals surface area contributed by atoms with Gasteiger partial charge in [-0.3, -0.25) is 4.79 Å². The van der Waals surface area contributed by atoms with Gasteiger partial charge in [0.15, 0.2) is 0 Å². The van der Waals surface area contributed by atoms with E-state index in [-0.39, 0.29) is 5.78 Å². The van der Waals surface area contributed by atoms with Gasteiger partial charge in [-0.15, -0.1) is 0 Å². The smallest absolute Gasteiger partial charge is 0.410 e. The van der Waals surface area contributed by atoms with E-state index in [4.69, 9.17) is 19.9 Å². The molecule has 0 aromatic heterocycles. The van der Waals surface area contributed by atoms with Crippen molar-refractivity contribution in [2.45, 2.75) is 46.5 Å². The lowest BCUT2D eigenvalue weighted by Gasteiger charge is -2.28. The molecule has 0 atom stereocenters. The molecule has 0 unspecified atom stereocenters. The minimum atomic E-state index is -0.548. The van der Waals surface area contributed by atoms with Crippen molar-refractivity contribution < 1.29 is 23.8 Å². The number of Topliss-reactive ketones (excluding diaryl/α,β-unsaturated/α-hetero) is 1. The van der Waals surface area contributed by atoms with Gasteiger partial charge in [0.1, 0.15) is 11.5 Å². The van der Waals surface area contributed by atoms with Gasteiger partial charge in [-0.25, -0.2) is 4.79 Å². The van der Waals surface area contributed by atoms with Gasteiger partial charge in [0.05, 0.1) is 26.4 Å². The molecule has 1 amide bonds. The Morgan fingerprint density at radius 1 is 1.07 bits per heavy atom. The molecular weight excluding hydrogens is 360 g/mol. The zero-order valence-corrected chi connectivity index (χ0v) is 17.7. The lowest BCUT2D eigenvalue weighted by Crippen LogP contribution is -2.32. The molecule has 1 aromatic carbocycles. The number of benzene rings is 1. The summed E-state index contributed by atoms with van der Waals surface area (Å²) in [5.41, 5.74) is 7.74. The second-order valence-electron chi connectivity index (χ2n) is 7.55. The fraction of sp³-hybridized carbons (Fsp3) is 0.619. The monoisotopic (exact) mass is 394 g/mol. The minimum Gasteiger partial charge on any atom is -0.410 e. The van der Waals surface area contributed by atoms with Gasteiger partial charge in [-0.2, -0.15) is 0 Å². The molecule has 7 nitrogen and oxygen atoms in total. The number of nitrogens with one attached hydrogen (secondary N) is 1. The van der Waals surface area contributed by atoms with E-state index in [0.29, 0.717) is 51.7 Å². The Hall–Kier alpha value is -1.96. The number of nitrogens with two attached hydrogens (primary N) is 1. The summed E-state index contributed by atoms with van der Waals surface area (Å²) < 4.78 is 16.1. The number of hydrogen-bond donors (Lipinski definition) is 2. The van der Waals surface area contributed by atoms with Crippen LogP contribution in [0.25, 0.3) is 0 Å². The summed E-state index contributed by atoms with van der Waals surface area (Å²) >= 11 is 0. The number of amides is 1. The minimum absolute atomic E-state index is 0.0907. The Morgan fingerprint density at radius 2 is 1.71 bits per heavy atom. The molecule has 0 radical (unpaired) electrons. The normalized spacial score (nSPS) is 11.4. The van der Waals surface area contributed by atoms with E-state index in [1.807, 2.05) is 39.8 Å². The quantitative estimate of drug-likeness (QED) is 0.529. The summed E-state index contributed by atoms with van der Waals surface area (Å²) in [5.74, 6) is 0.574. The van der Waals surface area contributed by atoms with E-state index in [1.54, 1.807) is 6.92 Å². The Kier molecular flexibility index (Phi) is 10.1. The SMILES string of the molecule is CC(=O)CC(C)(C)c1c(C)cc(C)cc1OC(=O)NCCOCCOCCN. The Morgan fingerprint density at radius 3 is 2.32 bits per heavy atom. The first-order valence-corrected chi connectivity index (χ1v) is 9.59. The van der Waals surface area contributed by atoms with Gasteiger partial charge in [0.2, 0.25) is 0 Å². The van der Waals surface area contributed by atoms with Crippen molar-refractivity contribution >= 4 is 11.9 Å². The number of carbonyl (C=O) groups excluding carboxylic acids is 2. The summed E-state index contributed by atoms with van der Waals surface area (Å²) in [6.07, 6.45) is -0.178. The molecule has 0 aliphatic carbocycles. The number of hydrogen-bond acceptors (Lipinski definition) is 6. The molecule has 0 saturated heterocycles. The number of ketones is 1. The van der Waals surface area contributed by atoms with E-state index in [9.17, 15) is 9.59 Å². The van der Waals surface area contributed by atoms with Crippen molar-refractivity contribution in [2.24, 2.45) is 5.73 Å². The molecule has 0 bridgehead atoms. The third-order valence-corrected chi connectivity index (χ3v) is 4.16. The van der Waals surface area contributed by atoms with E-state index >= 15 is 0 Å². The summed E-state index contributed by atoms with van der Waals surface area (Å²) in [4.78, 5) is 23.9. The number of ether oxygens (including phenoxy) is 3. The zero-order valence-electron chi connectivity index (χ0n) is 17.7. The van der Waals surface area contributed by atoms with Crippen LogP contribution in [-0.2, 0) is 19.7 Å². The van der Waals surface area contributed by atoms with Crippen LogP contribution in [0.5, 0.6) is 5.75 Å². The maximum Gasteiger partial charge on any atom is 0.412 e. The van der Waals surface area contributed by atoms with E-state index in [0.717, 1.165) is 16.7 Å². The zero-order chi connectivity index (χ0) is 21.2. The Bertz CT molecular complexity index is 658. The van der Waals surface area contributed by atoms with Crippen LogP contribution in [0.1, 0.15) is 43.9 Å². The molecule has 0 saturated carbocycles. The average Bonchev–Trinajstić information content (AvgIpc) is 2.55. The van der Waals surface area contributed by atoms with E-state index in [1.165, 1.54) is 0 Å². The van der Waals surface area contributed by atoms with Crippen molar-refractivity contribution in [3.8, 4) is 5.75 Å². The second kappa shape index (κ2) is 11.8. The summed E-state index contributed by atoms with van der Waals surface area (Å²) in [5, 5.41) is 2.68. The van der Waals surface area contributed by atoms with Crippen molar-refractivity contribution in [1.82, 2.24) is 5.32 Å². The van der Waals surface area contributed by atoms with Crippen LogP contribution >= 0.6 is 0 Å². The van der Waals surface area contributed by atoms with Crippen molar-refractivity contribution in [2.75, 3.05) is 39.5 Å². The van der Waals surface area contributed by atoms with Gasteiger partial charge in [0, 0.05) is 30.5 Å². The van der Waals surface area contributed by atoms with Crippen LogP contribution in [0.15, 0.2) is 12.1 Å². The first kappa shape index (κ1) is 24.1. The molecule has 0 spiro atoms. The summed E-state index contributed by atoms with van der Waals surface area (Å²) in [7, 11) is 0. The highest BCUT2D eigenvalue weighted by molar-refractivity contribution is 5.78. The van der Waals surface area contributed by atoms with Crippen LogP contribution in [0, 0.1) is 13.8 Å². The molecule has 0 aliphatic rings. The fourth-order valence-corrected chi connectivity index (χ4v) is 3.35. The summed E-state index contributed by atoms with van der Waals surface area (Å²) in [6, 6.07) is 3.86. The van der Waals surface area contributed by atoms with Crippen LogP contribution in [0.4, 0.5) is 4.79 Å². The van der Waals surface area contributed by atoms with E-state index in [2.05, 4.69) is 5.32 Å². The molecule has 1 aromatic rings. The van der Waals surface area contributed by atoms with Crippen LogP contribution in [0.2, 0.25) is 0 Å². The van der Waals surface area contributed by atoms with Crippen LogP contribution in [0.3, 0.4) is 0 Å². The maximum absolute atomic E-state index is 12.2. The topological polar surface area (TPSA) is 99.9 Å². The third-order valence-electron chi connectivity index (χ3n) is 4.16. The molecule has 7 heteroatoms. The predicted molar refractivity (Wildman–Crippen MR) is 109 cm³/mol. The van der Waals surface area contributed by atoms with Crippen molar-refractivity contribution in [3.63, 3.8) is 0 Å². The third kappa shape index (κ3) is 8.37. The van der Waals surface area contributed by atoms with Crippen molar-refractivity contribution in [1.29, 1.82) is 0 Å². The molecule has 0 fully saturated rings. The Balaban J connectivity index is 2.65. The summed E-state index contributed by atoms with van der Waals surface area (Å²) in [6.45, 7) is 12.0. The fourth-order valence-electron chi connectivity index (χ4n) is 3.35. The number of rotatable bonds is 12. The van der Waals surface area contributed by atoms with Crippen LogP contribution < -0.4 is 15.8 Å². The maximum atomic E-state index is 12.2. The highest BCUT2D eigenvalue weighted by Gasteiger charge is 2.29. The predicted octanol–water partition coefficient (Wildman–Crippen LogP) is 2.64. The average molecular weight is 395 g/mol. The molecule has 1 rings (SSSR count). The lowest BCUT2D eigenvalue weighted by atomic mass is 9.77. The molecular formula is C21H34N2O5. The van der Waals surface area contributed by atoms with Gasteiger partial charge in [-0.05, 0) is 38.0 Å². The second-order valence-corrected chi connectivity index (χ2v) is 7.55. The van der Waals surface area contributed by atoms with Gasteiger partial charge < -0.3 is 25.3 Å². The molecule has 158 valence electrons. The van der Waals surface area contributed by atoms with E-state index < -0.39 is 11.5 Å². The number of carbonyl (C=O) groups is 2. The molecule has 0 heterocycles. The standard InChI is InChI=1S/C21H34N2O5/c1-15-12-16(2)19(21(4,5)14-17(3)24)18(13-15)28-20(25)23-7-9-27-11-10-26-8-6-22/h12-13H,6-11,14,22H2,1-5H3,(H,23,25). The van der Waals surface area contributed by atoms with Crippen LogP contribution in [-0.4, -0.2) is 51.4 Å². The Labute approximate surface area is 167 Å². The van der Waals surface area contributed by atoms with Gasteiger partial charge in [-0.1, -0.05) is 19.9 Å². The highest BCUT2D eigenvalue weighted by Crippen LogP contribution is 2.38.